The minimum absolute atomic E-state index is 0.0274. The highest BCUT2D eigenvalue weighted by atomic mass is 19.4. The van der Waals surface area contributed by atoms with Gasteiger partial charge in [0.15, 0.2) is 0 Å². The van der Waals surface area contributed by atoms with E-state index in [1.807, 2.05) is 25.1 Å². The molecular formula is C29H34F4N2O3. The fraction of sp³-hybridized carbons (Fsp3) is 0.517. The van der Waals surface area contributed by atoms with Crippen LogP contribution in [0.5, 0.6) is 0 Å². The van der Waals surface area contributed by atoms with Gasteiger partial charge in [-0.3, -0.25) is 9.59 Å². The van der Waals surface area contributed by atoms with Gasteiger partial charge in [-0.1, -0.05) is 45.9 Å². The van der Waals surface area contributed by atoms with Crippen molar-refractivity contribution in [2.24, 2.45) is 5.92 Å². The lowest BCUT2D eigenvalue weighted by Crippen LogP contribution is -2.52. The van der Waals surface area contributed by atoms with Gasteiger partial charge in [-0.15, -0.1) is 0 Å². The standard InChI is InChI=1S/C29H34F4N2O3/c1-5-21-10-12-24(35(21)27(37)17-7-6-8-19(13-17)28(2,3)4)26(36)34-25(18-15-38-16-18)22-11-9-20(14-23(22)30)29(31,32)33/h6-9,11,13-14,18,21,24-25H,5,10,12,15-16H2,1-4H3,(H,34,36)/t21-,24-,25?/m1/s1. The van der Waals surface area contributed by atoms with Crippen molar-refractivity contribution in [2.75, 3.05) is 13.2 Å². The third-order valence-corrected chi connectivity index (χ3v) is 7.58. The Hall–Kier alpha value is -2.94. The van der Waals surface area contributed by atoms with Gasteiger partial charge in [0.2, 0.25) is 5.91 Å². The molecule has 2 fully saturated rings. The first-order chi connectivity index (χ1) is 17.8. The van der Waals surface area contributed by atoms with Crippen molar-refractivity contribution in [1.29, 1.82) is 0 Å². The number of likely N-dealkylation sites (tertiary alicyclic amines) is 1. The summed E-state index contributed by atoms with van der Waals surface area (Å²) in [5.74, 6) is -2.02. The largest absolute Gasteiger partial charge is 0.416 e. The number of ether oxygens (including phenoxy) is 1. The molecule has 9 heteroatoms. The van der Waals surface area contributed by atoms with Gasteiger partial charge in [0, 0.05) is 23.1 Å². The Morgan fingerprint density at radius 1 is 1.05 bits per heavy atom. The van der Waals surface area contributed by atoms with Crippen molar-refractivity contribution in [3.05, 3.63) is 70.5 Å². The maximum absolute atomic E-state index is 14.9. The second-order valence-electron chi connectivity index (χ2n) is 11.2. The molecule has 1 unspecified atom stereocenters. The summed E-state index contributed by atoms with van der Waals surface area (Å²) in [6, 6.07) is 7.96. The summed E-state index contributed by atoms with van der Waals surface area (Å²) in [7, 11) is 0. The summed E-state index contributed by atoms with van der Waals surface area (Å²) in [5, 5.41) is 2.86. The van der Waals surface area contributed by atoms with Gasteiger partial charge in [0.1, 0.15) is 11.9 Å². The average molecular weight is 535 g/mol. The molecule has 0 saturated carbocycles. The number of nitrogens with zero attached hydrogens (tertiary/aromatic N) is 1. The first-order valence-electron chi connectivity index (χ1n) is 13.0. The highest BCUT2D eigenvalue weighted by Gasteiger charge is 2.43. The third-order valence-electron chi connectivity index (χ3n) is 7.58. The molecule has 206 valence electrons. The van der Waals surface area contributed by atoms with E-state index in [1.165, 1.54) is 0 Å². The number of carbonyl (C=O) groups is 2. The Kier molecular flexibility index (Phi) is 7.89. The van der Waals surface area contributed by atoms with Gasteiger partial charge in [0.25, 0.3) is 5.91 Å². The molecule has 2 aliphatic rings. The molecule has 1 N–H and O–H groups in total. The van der Waals surface area contributed by atoms with E-state index in [-0.39, 0.29) is 42.1 Å². The molecule has 0 radical (unpaired) electrons. The Bertz CT molecular complexity index is 1190. The van der Waals surface area contributed by atoms with Gasteiger partial charge >= 0.3 is 6.18 Å². The van der Waals surface area contributed by atoms with Crippen LogP contribution in [0.2, 0.25) is 0 Å². The van der Waals surface area contributed by atoms with Crippen LogP contribution < -0.4 is 5.32 Å². The highest BCUT2D eigenvalue weighted by Crippen LogP contribution is 2.36. The van der Waals surface area contributed by atoms with Crippen molar-refractivity contribution >= 4 is 11.8 Å². The quantitative estimate of drug-likeness (QED) is 0.461. The second-order valence-corrected chi connectivity index (χ2v) is 11.2. The molecule has 0 aliphatic carbocycles. The summed E-state index contributed by atoms with van der Waals surface area (Å²) < 4.78 is 59.4. The summed E-state index contributed by atoms with van der Waals surface area (Å²) in [6.45, 7) is 8.63. The van der Waals surface area contributed by atoms with Gasteiger partial charge < -0.3 is 15.0 Å². The van der Waals surface area contributed by atoms with Crippen LogP contribution in [0.15, 0.2) is 42.5 Å². The molecule has 0 bridgehead atoms. The minimum atomic E-state index is -4.68. The molecule has 2 heterocycles. The number of hydrogen-bond acceptors (Lipinski definition) is 3. The van der Waals surface area contributed by atoms with Crippen molar-refractivity contribution in [1.82, 2.24) is 10.2 Å². The first-order valence-corrected chi connectivity index (χ1v) is 13.0. The van der Waals surface area contributed by atoms with Crippen molar-refractivity contribution in [2.45, 2.75) is 76.7 Å². The second kappa shape index (κ2) is 10.7. The maximum atomic E-state index is 14.9. The van der Waals surface area contributed by atoms with Crippen molar-refractivity contribution < 1.29 is 31.9 Å². The smallest absolute Gasteiger partial charge is 0.381 e. The van der Waals surface area contributed by atoms with E-state index in [0.717, 1.165) is 17.7 Å². The van der Waals surface area contributed by atoms with Crippen molar-refractivity contribution in [3.63, 3.8) is 0 Å². The van der Waals surface area contributed by atoms with Crippen molar-refractivity contribution in [3.8, 4) is 0 Å². The van der Waals surface area contributed by atoms with Crippen LogP contribution in [0.4, 0.5) is 17.6 Å². The van der Waals surface area contributed by atoms with Gasteiger partial charge in [-0.05, 0) is 54.5 Å². The van der Waals surface area contributed by atoms with Gasteiger partial charge in [-0.2, -0.15) is 13.2 Å². The van der Waals surface area contributed by atoms with Gasteiger partial charge in [0.05, 0.1) is 24.8 Å². The van der Waals surface area contributed by atoms with E-state index in [2.05, 4.69) is 26.1 Å². The zero-order valence-electron chi connectivity index (χ0n) is 22.1. The third kappa shape index (κ3) is 5.72. The lowest BCUT2D eigenvalue weighted by molar-refractivity contribution is -0.138. The number of nitrogens with one attached hydrogen (secondary N) is 1. The van der Waals surface area contributed by atoms with Crippen LogP contribution in [-0.2, 0) is 21.1 Å². The number of benzene rings is 2. The van der Waals surface area contributed by atoms with E-state index >= 15 is 0 Å². The van der Waals surface area contributed by atoms with E-state index in [4.69, 9.17) is 4.74 Å². The zero-order valence-corrected chi connectivity index (χ0v) is 22.1. The molecule has 38 heavy (non-hydrogen) atoms. The molecule has 2 amide bonds. The normalized spacial score (nSPS) is 21.2. The summed E-state index contributed by atoms with van der Waals surface area (Å²) in [6.07, 6.45) is -2.92. The number of halogens is 4. The molecule has 2 aromatic carbocycles. The predicted octanol–water partition coefficient (Wildman–Crippen LogP) is 6.03. The van der Waals surface area contributed by atoms with Crippen LogP contribution in [0, 0.1) is 11.7 Å². The summed E-state index contributed by atoms with van der Waals surface area (Å²) in [4.78, 5) is 28.9. The fourth-order valence-electron chi connectivity index (χ4n) is 5.22. The number of carbonyl (C=O) groups excluding carboxylic acids is 2. The zero-order chi connectivity index (χ0) is 27.8. The molecule has 0 aromatic heterocycles. The molecular weight excluding hydrogens is 500 g/mol. The Balaban J connectivity index is 1.60. The van der Waals surface area contributed by atoms with Gasteiger partial charge in [-0.25, -0.2) is 4.39 Å². The molecule has 3 atom stereocenters. The monoisotopic (exact) mass is 534 g/mol. The Labute approximate surface area is 220 Å². The lowest BCUT2D eigenvalue weighted by Gasteiger charge is -2.36. The molecule has 2 aliphatic heterocycles. The van der Waals surface area contributed by atoms with Crippen LogP contribution in [0.3, 0.4) is 0 Å². The lowest BCUT2D eigenvalue weighted by atomic mass is 9.86. The van der Waals surface area contributed by atoms with E-state index in [1.54, 1.807) is 11.0 Å². The molecule has 5 nitrogen and oxygen atoms in total. The predicted molar refractivity (Wildman–Crippen MR) is 135 cm³/mol. The Morgan fingerprint density at radius 3 is 2.32 bits per heavy atom. The van der Waals surface area contributed by atoms with E-state index in [0.29, 0.717) is 30.9 Å². The molecule has 4 rings (SSSR count). The fourth-order valence-corrected chi connectivity index (χ4v) is 5.22. The van der Waals surface area contributed by atoms with Crippen LogP contribution >= 0.6 is 0 Å². The van der Waals surface area contributed by atoms with Crippen LogP contribution in [-0.4, -0.2) is 42.0 Å². The number of hydrogen-bond donors (Lipinski definition) is 1. The molecule has 2 aromatic rings. The maximum Gasteiger partial charge on any atom is 0.416 e. The van der Waals surface area contributed by atoms with E-state index in [9.17, 15) is 27.2 Å². The average Bonchev–Trinajstić information content (AvgIpc) is 3.25. The minimum Gasteiger partial charge on any atom is -0.381 e. The summed E-state index contributed by atoms with van der Waals surface area (Å²) >= 11 is 0. The highest BCUT2D eigenvalue weighted by molar-refractivity contribution is 5.98. The Morgan fingerprint density at radius 2 is 1.76 bits per heavy atom. The number of rotatable bonds is 6. The number of amides is 2. The SMILES string of the molecule is CC[C@@H]1CC[C@H](C(=O)NC(c2ccc(C(F)(F)F)cc2F)C2COC2)N1C(=O)c1cccc(C(C)(C)C)c1. The topological polar surface area (TPSA) is 58.6 Å². The molecule has 0 spiro atoms. The first kappa shape index (κ1) is 28.1. The van der Waals surface area contributed by atoms with E-state index < -0.39 is 35.5 Å². The van der Waals surface area contributed by atoms with Crippen LogP contribution in [0.1, 0.15) is 80.0 Å². The number of alkyl halides is 3. The van der Waals surface area contributed by atoms with Crippen LogP contribution in [0.25, 0.3) is 0 Å². The molecule has 2 saturated heterocycles. The summed E-state index contributed by atoms with van der Waals surface area (Å²) in [5.41, 5.74) is 0.212.